The molecule has 1 spiro atoms. The van der Waals surface area contributed by atoms with Gasteiger partial charge in [-0.25, -0.2) is 10.0 Å². The highest BCUT2D eigenvalue weighted by molar-refractivity contribution is 5.99. The average molecular weight is 690 g/mol. The van der Waals surface area contributed by atoms with Crippen LogP contribution in [0.4, 0.5) is 0 Å². The third-order valence-electron chi connectivity index (χ3n) is 10.1. The number of methoxy groups -OCH3 is 1. The van der Waals surface area contributed by atoms with Crippen LogP contribution in [-0.2, 0) is 23.9 Å². The standard InChI is InChI=1S/C36H55N3O10/c1-22(26(5)39(46)47)17-13-11-14-18-23(2)30(41)34(7,8)32(43)37-20-16-12-15-19-28(40)24(3)21-29(48-10)36(45)25(4)31(42)38(9)35(36)27(6)49-33(35)44/h11-19,24-25,27-30,39-41,45-46H,20-21H2,1-10H3,(H,37,43). The molecule has 0 aromatic carbocycles. The summed E-state index contributed by atoms with van der Waals surface area (Å²) in [7, 11) is 2.87. The van der Waals surface area contributed by atoms with Crippen molar-refractivity contribution >= 4 is 17.8 Å². The Labute approximate surface area is 289 Å². The van der Waals surface area contributed by atoms with Gasteiger partial charge in [0.25, 0.3) is 0 Å². The molecule has 9 unspecified atom stereocenters. The summed E-state index contributed by atoms with van der Waals surface area (Å²) < 4.78 is 10.9. The molecule has 9 atom stereocenters. The van der Waals surface area contributed by atoms with Crippen molar-refractivity contribution < 1.29 is 49.6 Å². The number of hydroxylamine groups is 2. The van der Waals surface area contributed by atoms with Gasteiger partial charge in [-0.05, 0) is 52.5 Å². The van der Waals surface area contributed by atoms with Gasteiger partial charge in [-0.2, -0.15) is 5.23 Å². The molecule has 0 aromatic heterocycles. The second kappa shape index (κ2) is 17.0. The van der Waals surface area contributed by atoms with E-state index in [4.69, 9.17) is 14.7 Å². The summed E-state index contributed by atoms with van der Waals surface area (Å²) in [6.45, 7) is 13.4. The molecule has 2 aliphatic rings. The maximum absolute atomic E-state index is 12.9. The molecule has 0 bridgehead atoms. The number of likely N-dealkylation sites (tertiary alicyclic amines) is 1. The molecule has 13 nitrogen and oxygen atoms in total. The first-order chi connectivity index (χ1) is 22.7. The molecule has 2 heterocycles. The van der Waals surface area contributed by atoms with Crippen molar-refractivity contribution in [3.8, 4) is 0 Å². The molecule has 2 amide bonds. The van der Waals surface area contributed by atoms with Crippen LogP contribution in [0.25, 0.3) is 0 Å². The number of hydrogen-bond acceptors (Lipinski definition) is 10. The predicted molar refractivity (Wildman–Crippen MR) is 183 cm³/mol. The van der Waals surface area contributed by atoms with Gasteiger partial charge in [0.2, 0.25) is 17.4 Å². The molecule has 274 valence electrons. The average Bonchev–Trinajstić information content (AvgIpc) is 3.22. The second-order valence-electron chi connectivity index (χ2n) is 13.6. The van der Waals surface area contributed by atoms with Gasteiger partial charge in [-0.15, -0.1) is 0 Å². The first kappa shape index (κ1) is 41.7. The third-order valence-corrected chi connectivity index (χ3v) is 10.1. The topological polar surface area (TPSA) is 193 Å². The van der Waals surface area contributed by atoms with E-state index in [9.17, 15) is 34.9 Å². The zero-order chi connectivity index (χ0) is 37.5. The number of nitrogens with zero attached hydrogens (tertiary/aromatic N) is 1. The van der Waals surface area contributed by atoms with Crippen molar-refractivity contribution in [3.63, 3.8) is 0 Å². The summed E-state index contributed by atoms with van der Waals surface area (Å²) in [5.74, 6) is -2.80. The largest absolute Gasteiger partial charge is 0.595 e. The van der Waals surface area contributed by atoms with Crippen LogP contribution in [0.2, 0.25) is 0 Å². The number of hydrogen-bond donors (Lipinski definition) is 6. The number of ether oxygens (including phenoxy) is 2. The van der Waals surface area contributed by atoms with Crippen molar-refractivity contribution in [2.75, 3.05) is 20.7 Å². The number of carbonyl (C=O) groups excluding carboxylic acids is 3. The molecular formula is C36H55N3O10. The Balaban J connectivity index is 1.94. The highest BCUT2D eigenvalue weighted by Crippen LogP contribution is 2.54. The number of cyclic esters (lactones) is 1. The highest BCUT2D eigenvalue weighted by Gasteiger charge is 2.80. The fourth-order valence-corrected chi connectivity index (χ4v) is 6.49. The van der Waals surface area contributed by atoms with Crippen LogP contribution in [0, 0.1) is 22.5 Å². The summed E-state index contributed by atoms with van der Waals surface area (Å²) in [5, 5.41) is 55.5. The molecule has 0 radical (unpaired) electrons. The minimum Gasteiger partial charge on any atom is -0.595 e. The monoisotopic (exact) mass is 689 g/mol. The molecule has 6 N–H and O–H groups in total. The summed E-state index contributed by atoms with van der Waals surface area (Å²) in [5.41, 5.74) is -3.14. The minimum atomic E-state index is -1.87. The lowest BCUT2D eigenvalue weighted by Crippen LogP contribution is -3.02. The summed E-state index contributed by atoms with van der Waals surface area (Å²) in [6.07, 6.45) is 11.4. The highest BCUT2D eigenvalue weighted by atomic mass is 16.8. The molecule has 2 saturated heterocycles. The van der Waals surface area contributed by atoms with Gasteiger partial charge >= 0.3 is 5.97 Å². The lowest BCUT2D eigenvalue weighted by Gasteiger charge is -2.55. The summed E-state index contributed by atoms with van der Waals surface area (Å²) >= 11 is 0. The Morgan fingerprint density at radius 1 is 1.14 bits per heavy atom. The van der Waals surface area contributed by atoms with E-state index in [0.717, 1.165) is 0 Å². The maximum atomic E-state index is 12.9. The van der Waals surface area contributed by atoms with Gasteiger partial charge in [0.1, 0.15) is 17.4 Å². The molecule has 2 aliphatic heterocycles. The first-order valence-electron chi connectivity index (χ1n) is 16.4. The van der Waals surface area contributed by atoms with Gasteiger partial charge in [0.05, 0.1) is 29.6 Å². The molecule has 0 aliphatic carbocycles. The third kappa shape index (κ3) is 8.31. The lowest BCUT2D eigenvalue weighted by molar-refractivity contribution is -1.01. The fraction of sp³-hybridized carbons (Fsp3) is 0.583. The van der Waals surface area contributed by atoms with E-state index < -0.39 is 64.0 Å². The van der Waals surface area contributed by atoms with Crippen LogP contribution >= 0.6 is 0 Å². The first-order valence-corrected chi connectivity index (χ1v) is 16.4. The Bertz CT molecular complexity index is 1400. The number of nitrogens with one attached hydrogen (secondary N) is 2. The van der Waals surface area contributed by atoms with Crippen LogP contribution in [-0.4, -0.2) is 99.5 Å². The molecule has 13 heteroatoms. The van der Waals surface area contributed by atoms with Crippen molar-refractivity contribution in [1.82, 2.24) is 10.2 Å². The van der Waals surface area contributed by atoms with Crippen LogP contribution < -0.4 is 10.5 Å². The minimum absolute atomic E-state index is 0.146. The number of aliphatic hydroxyl groups excluding tert-OH is 2. The fourth-order valence-electron chi connectivity index (χ4n) is 6.49. The van der Waals surface area contributed by atoms with E-state index in [1.165, 1.54) is 26.0 Å². The number of carbonyl (C=O) groups is 3. The Kier molecular flexibility index (Phi) is 14.5. The van der Waals surface area contributed by atoms with Crippen molar-refractivity contribution in [2.24, 2.45) is 17.3 Å². The van der Waals surface area contributed by atoms with E-state index >= 15 is 0 Å². The van der Waals surface area contributed by atoms with E-state index in [1.54, 1.807) is 103 Å². The molecule has 0 saturated carbocycles. The van der Waals surface area contributed by atoms with E-state index in [0.29, 0.717) is 11.1 Å². The Morgan fingerprint density at radius 2 is 1.78 bits per heavy atom. The van der Waals surface area contributed by atoms with E-state index in [-0.39, 0.29) is 30.5 Å². The quantitative estimate of drug-likeness (QED) is 0.0789. The van der Waals surface area contributed by atoms with Crippen molar-refractivity contribution in [2.45, 2.75) is 97.4 Å². The van der Waals surface area contributed by atoms with Crippen LogP contribution in [0.1, 0.15) is 61.8 Å². The van der Waals surface area contributed by atoms with Gasteiger partial charge in [-0.1, -0.05) is 68.5 Å². The SMILES string of the molecule is COC(CC(C)C(O)C=CC=CCNC(=O)C(C)(C)C(O)C(C)=CC=CC=CC(C)=C(C)[NH+]([O-])O)C1(O)C(C)C(=O)N(C)C12C(=O)OC2C. The van der Waals surface area contributed by atoms with Crippen LogP contribution in [0.15, 0.2) is 71.5 Å². The number of allylic oxidation sites excluding steroid dienone is 9. The van der Waals surface area contributed by atoms with E-state index in [2.05, 4.69) is 5.32 Å². The Morgan fingerprint density at radius 3 is 2.33 bits per heavy atom. The molecule has 0 aromatic rings. The molecular weight excluding hydrogens is 634 g/mol. The van der Waals surface area contributed by atoms with Gasteiger partial charge in [0.15, 0.2) is 0 Å². The number of aliphatic hydroxyl groups is 3. The zero-order valence-corrected chi connectivity index (χ0v) is 30.3. The summed E-state index contributed by atoms with van der Waals surface area (Å²) in [4.78, 5) is 39.8. The molecule has 2 rings (SSSR count). The number of amides is 2. The molecule has 2 fully saturated rings. The normalized spacial score (nSPS) is 28.7. The van der Waals surface area contributed by atoms with Gasteiger partial charge in [-0.3, -0.25) is 9.59 Å². The smallest absolute Gasteiger partial charge is 0.339 e. The lowest BCUT2D eigenvalue weighted by atomic mass is 9.65. The molecule has 49 heavy (non-hydrogen) atoms. The van der Waals surface area contributed by atoms with Gasteiger partial charge in [0, 0.05) is 33.2 Å². The van der Waals surface area contributed by atoms with Crippen LogP contribution in [0.5, 0.6) is 0 Å². The number of quaternary nitrogens is 1. The zero-order valence-electron chi connectivity index (χ0n) is 30.3. The number of esters is 1. The van der Waals surface area contributed by atoms with Crippen molar-refractivity contribution in [3.05, 3.63) is 76.7 Å². The van der Waals surface area contributed by atoms with Crippen molar-refractivity contribution in [1.29, 1.82) is 0 Å². The number of likely N-dealkylation sites (N-methyl/N-ethyl adjacent to an activating group) is 1. The Hall–Kier alpha value is -3.43. The van der Waals surface area contributed by atoms with Crippen LogP contribution in [0.3, 0.4) is 0 Å². The van der Waals surface area contributed by atoms with E-state index in [1.807, 2.05) is 0 Å². The second-order valence-corrected chi connectivity index (χ2v) is 13.6. The predicted octanol–water partition coefficient (Wildman–Crippen LogP) is 1.65. The number of rotatable bonds is 16. The maximum Gasteiger partial charge on any atom is 0.339 e. The van der Waals surface area contributed by atoms with Gasteiger partial charge < -0.3 is 40.2 Å². The summed E-state index contributed by atoms with van der Waals surface area (Å²) in [6, 6.07) is 0.